The molecule has 0 aromatic rings. The summed E-state index contributed by atoms with van der Waals surface area (Å²) in [6, 6.07) is -0.0754. The third-order valence-corrected chi connectivity index (χ3v) is 3.24. The van der Waals surface area contributed by atoms with Gasteiger partial charge < -0.3 is 9.84 Å². The van der Waals surface area contributed by atoms with Gasteiger partial charge in [0, 0.05) is 18.9 Å². The number of hydrogen-bond acceptors (Lipinski definition) is 4. The third kappa shape index (κ3) is 2.71. The van der Waals surface area contributed by atoms with Gasteiger partial charge in [0.05, 0.1) is 6.10 Å². The van der Waals surface area contributed by atoms with Gasteiger partial charge in [0.1, 0.15) is 0 Å². The van der Waals surface area contributed by atoms with E-state index in [0.29, 0.717) is 19.3 Å². The van der Waals surface area contributed by atoms with Crippen molar-refractivity contribution >= 4 is 5.97 Å². The van der Waals surface area contributed by atoms with Crippen LogP contribution < -0.4 is 5.32 Å². The lowest BCUT2D eigenvalue weighted by molar-refractivity contribution is -0.227. The zero-order valence-corrected chi connectivity index (χ0v) is 9.09. The molecule has 0 aromatic carbocycles. The van der Waals surface area contributed by atoms with Crippen LogP contribution in [0.3, 0.4) is 0 Å². The molecule has 2 aliphatic heterocycles. The number of rotatable bonds is 1. The maximum absolute atomic E-state index is 12.2. The fourth-order valence-electron chi connectivity index (χ4n) is 2.64. The Morgan fingerprint density at radius 3 is 2.82 bits per heavy atom. The summed E-state index contributed by atoms with van der Waals surface area (Å²) in [7, 11) is 0. The van der Waals surface area contributed by atoms with Crippen LogP contribution in [-0.2, 0) is 9.53 Å². The number of ether oxygens (including phenoxy) is 1. The Bertz CT molecular complexity index is 316. The Labute approximate surface area is 96.1 Å². The molecule has 0 spiro atoms. The molecule has 2 rings (SSSR count). The molecule has 2 saturated heterocycles. The van der Waals surface area contributed by atoms with E-state index in [4.69, 9.17) is 0 Å². The van der Waals surface area contributed by atoms with Crippen molar-refractivity contribution in [2.24, 2.45) is 0 Å². The van der Waals surface area contributed by atoms with E-state index in [-0.39, 0.29) is 12.5 Å². The minimum absolute atomic E-state index is 0.0192. The van der Waals surface area contributed by atoms with E-state index < -0.39 is 24.0 Å². The summed E-state index contributed by atoms with van der Waals surface area (Å²) < 4.78 is 41.0. The normalized spacial score (nSPS) is 37.6. The van der Waals surface area contributed by atoms with Crippen molar-refractivity contribution in [3.05, 3.63) is 0 Å². The topological polar surface area (TPSA) is 58.6 Å². The highest BCUT2D eigenvalue weighted by Gasteiger charge is 2.50. The number of carbonyl (C=O) groups is 1. The highest BCUT2D eigenvalue weighted by Crippen LogP contribution is 2.36. The highest BCUT2D eigenvalue weighted by molar-refractivity contribution is 5.76. The molecule has 7 heteroatoms. The van der Waals surface area contributed by atoms with Gasteiger partial charge in [0.15, 0.2) is 5.72 Å². The molecular weight excluding hydrogens is 239 g/mol. The molecule has 2 heterocycles. The lowest BCUT2D eigenvalue weighted by atomic mass is 9.82. The molecule has 0 saturated carbocycles. The number of aliphatic hydroxyl groups is 1. The second-order valence-electron chi connectivity index (χ2n) is 4.71. The highest BCUT2D eigenvalue weighted by atomic mass is 19.4. The van der Waals surface area contributed by atoms with Crippen LogP contribution in [0.25, 0.3) is 0 Å². The summed E-state index contributed by atoms with van der Waals surface area (Å²) in [5, 5.41) is 12.5. The average molecular weight is 253 g/mol. The zero-order chi connectivity index (χ0) is 12.7. The molecule has 2 bridgehead atoms. The summed E-state index contributed by atoms with van der Waals surface area (Å²) in [6.07, 6.45) is -3.43. The summed E-state index contributed by atoms with van der Waals surface area (Å²) in [5.41, 5.74) is -1.34. The van der Waals surface area contributed by atoms with E-state index in [1.54, 1.807) is 0 Å². The van der Waals surface area contributed by atoms with E-state index in [2.05, 4.69) is 10.1 Å². The molecular formula is C10H14F3NO3. The number of halogens is 3. The van der Waals surface area contributed by atoms with Crippen molar-refractivity contribution in [3.63, 3.8) is 0 Å². The monoisotopic (exact) mass is 253 g/mol. The first-order valence-corrected chi connectivity index (χ1v) is 5.57. The standard InChI is InChI=1S/C10H14F3NO3/c11-10(12,13)8(16)17-9-3-1-2-6(14-9)4-7(15)5-9/h6-7,14-15H,1-5H2. The number of carbonyl (C=O) groups excluding carboxylic acids is 1. The summed E-state index contributed by atoms with van der Waals surface area (Å²) in [5.74, 6) is -2.19. The van der Waals surface area contributed by atoms with Crippen molar-refractivity contribution in [1.29, 1.82) is 0 Å². The van der Waals surface area contributed by atoms with Gasteiger partial charge in [-0.3, -0.25) is 5.32 Å². The van der Waals surface area contributed by atoms with E-state index >= 15 is 0 Å². The summed E-state index contributed by atoms with van der Waals surface area (Å²) >= 11 is 0. The van der Waals surface area contributed by atoms with Crippen LogP contribution in [0.4, 0.5) is 13.2 Å². The first-order valence-electron chi connectivity index (χ1n) is 5.57. The lowest BCUT2D eigenvalue weighted by Crippen LogP contribution is -2.62. The van der Waals surface area contributed by atoms with Crippen LogP contribution in [0.15, 0.2) is 0 Å². The van der Waals surface area contributed by atoms with Crippen LogP contribution >= 0.6 is 0 Å². The molecule has 3 atom stereocenters. The maximum atomic E-state index is 12.2. The van der Waals surface area contributed by atoms with Crippen LogP contribution in [-0.4, -0.2) is 35.1 Å². The quantitative estimate of drug-likeness (QED) is 0.687. The summed E-state index contributed by atoms with van der Waals surface area (Å²) in [4.78, 5) is 10.9. The van der Waals surface area contributed by atoms with Crippen molar-refractivity contribution < 1.29 is 27.8 Å². The molecule has 2 N–H and O–H groups in total. The molecule has 17 heavy (non-hydrogen) atoms. The number of hydrogen-bond donors (Lipinski definition) is 2. The van der Waals surface area contributed by atoms with Gasteiger partial charge in [0.2, 0.25) is 0 Å². The van der Waals surface area contributed by atoms with Gasteiger partial charge in [-0.2, -0.15) is 13.2 Å². The maximum Gasteiger partial charge on any atom is 0.490 e. The smallest absolute Gasteiger partial charge is 0.437 e. The van der Waals surface area contributed by atoms with Crippen molar-refractivity contribution in [2.75, 3.05) is 0 Å². The summed E-state index contributed by atoms with van der Waals surface area (Å²) in [6.45, 7) is 0. The van der Waals surface area contributed by atoms with Gasteiger partial charge in [-0.15, -0.1) is 0 Å². The number of esters is 1. The number of piperidine rings is 2. The van der Waals surface area contributed by atoms with Gasteiger partial charge in [-0.25, -0.2) is 4.79 Å². The fraction of sp³-hybridized carbons (Fsp3) is 0.900. The molecule has 0 amide bonds. The predicted molar refractivity (Wildman–Crippen MR) is 50.9 cm³/mol. The van der Waals surface area contributed by atoms with Crippen LogP contribution in [0, 0.1) is 0 Å². The first kappa shape index (κ1) is 12.6. The van der Waals surface area contributed by atoms with Gasteiger partial charge >= 0.3 is 12.1 Å². The first-order chi connectivity index (χ1) is 7.81. The zero-order valence-electron chi connectivity index (χ0n) is 9.09. The SMILES string of the molecule is O=C(OC12CCCC(CC(O)C1)N2)C(F)(F)F. The Balaban J connectivity index is 2.09. The average Bonchev–Trinajstić information content (AvgIpc) is 2.14. The number of fused-ring (bicyclic) bond motifs is 2. The fourth-order valence-corrected chi connectivity index (χ4v) is 2.64. The molecule has 98 valence electrons. The van der Waals surface area contributed by atoms with Gasteiger partial charge in [-0.1, -0.05) is 0 Å². The van der Waals surface area contributed by atoms with Crippen molar-refractivity contribution in [1.82, 2.24) is 5.32 Å². The lowest BCUT2D eigenvalue weighted by Gasteiger charge is -2.47. The number of aliphatic hydroxyl groups excluding tert-OH is 1. The number of alkyl halides is 3. The minimum atomic E-state index is -4.99. The van der Waals surface area contributed by atoms with E-state index in [9.17, 15) is 23.1 Å². The van der Waals surface area contributed by atoms with Crippen LogP contribution in [0.5, 0.6) is 0 Å². The third-order valence-electron chi connectivity index (χ3n) is 3.24. The molecule has 2 fully saturated rings. The second kappa shape index (κ2) is 4.13. The molecule has 0 aliphatic carbocycles. The molecule has 3 unspecified atom stereocenters. The molecule has 0 aromatic heterocycles. The van der Waals surface area contributed by atoms with Crippen LogP contribution in [0.1, 0.15) is 32.1 Å². The van der Waals surface area contributed by atoms with E-state index in [1.165, 1.54) is 0 Å². The van der Waals surface area contributed by atoms with E-state index in [0.717, 1.165) is 6.42 Å². The van der Waals surface area contributed by atoms with Crippen molar-refractivity contribution in [3.8, 4) is 0 Å². The largest absolute Gasteiger partial charge is 0.490 e. The molecule has 2 aliphatic rings. The molecule has 0 radical (unpaired) electrons. The van der Waals surface area contributed by atoms with Gasteiger partial charge in [-0.05, 0) is 19.3 Å². The van der Waals surface area contributed by atoms with Gasteiger partial charge in [0.25, 0.3) is 0 Å². The Kier molecular flexibility index (Phi) is 3.07. The van der Waals surface area contributed by atoms with Crippen LogP contribution in [0.2, 0.25) is 0 Å². The van der Waals surface area contributed by atoms with Crippen molar-refractivity contribution in [2.45, 2.75) is 56.2 Å². The number of nitrogens with one attached hydrogen (secondary N) is 1. The second-order valence-corrected chi connectivity index (χ2v) is 4.71. The Morgan fingerprint density at radius 1 is 1.47 bits per heavy atom. The Morgan fingerprint density at radius 2 is 2.18 bits per heavy atom. The Hall–Kier alpha value is -0.820. The molecule has 4 nitrogen and oxygen atoms in total. The van der Waals surface area contributed by atoms with E-state index in [1.807, 2.05) is 0 Å². The minimum Gasteiger partial charge on any atom is -0.437 e. The predicted octanol–water partition coefficient (Wildman–Crippen LogP) is 1.08.